The van der Waals surface area contributed by atoms with E-state index in [0.717, 1.165) is 16.6 Å². The van der Waals surface area contributed by atoms with Crippen molar-refractivity contribution in [3.05, 3.63) is 34.1 Å². The van der Waals surface area contributed by atoms with Crippen molar-refractivity contribution >= 4 is 15.9 Å². The largest absolute Gasteiger partial charge is 0.310 e. The lowest BCUT2D eigenvalue weighted by Crippen LogP contribution is -2.20. The van der Waals surface area contributed by atoms with Gasteiger partial charge in [0.1, 0.15) is 5.82 Å². The van der Waals surface area contributed by atoms with E-state index in [1.54, 1.807) is 0 Å². The lowest BCUT2D eigenvalue weighted by Gasteiger charge is -2.15. The summed E-state index contributed by atoms with van der Waals surface area (Å²) in [5.41, 5.74) is 1.11. The van der Waals surface area contributed by atoms with Crippen LogP contribution in [-0.2, 0) is 0 Å². The van der Waals surface area contributed by atoms with Crippen LogP contribution < -0.4 is 5.32 Å². The molecule has 0 fully saturated rings. The van der Waals surface area contributed by atoms with Crippen LogP contribution in [0.25, 0.3) is 0 Å². The molecule has 0 aliphatic heterocycles. The highest BCUT2D eigenvalue weighted by molar-refractivity contribution is 9.10. The summed E-state index contributed by atoms with van der Waals surface area (Å²) in [6.07, 6.45) is 5.05. The van der Waals surface area contributed by atoms with Crippen LogP contribution in [0.4, 0.5) is 4.39 Å². The van der Waals surface area contributed by atoms with E-state index in [1.807, 2.05) is 6.07 Å². The Labute approximate surface area is 112 Å². The molecule has 0 aliphatic carbocycles. The maximum Gasteiger partial charge on any atom is 0.124 e. The summed E-state index contributed by atoms with van der Waals surface area (Å²) < 4.78 is 13.8. The van der Waals surface area contributed by atoms with Gasteiger partial charge in [0, 0.05) is 10.5 Å². The normalized spacial score (nSPS) is 12.7. The Hall–Kier alpha value is -0.410. The van der Waals surface area contributed by atoms with E-state index in [2.05, 4.69) is 35.1 Å². The van der Waals surface area contributed by atoms with Gasteiger partial charge >= 0.3 is 0 Å². The molecule has 0 aromatic heterocycles. The third kappa shape index (κ3) is 5.17. The first-order valence-electron chi connectivity index (χ1n) is 6.33. The van der Waals surface area contributed by atoms with E-state index < -0.39 is 0 Å². The number of rotatable bonds is 7. The standard InChI is InChI=1S/C14H21BrFN/c1-3-4-5-6-9-17-11(2)13-8-7-12(16)10-14(13)15/h7-8,10-11,17H,3-6,9H2,1-2H3. The third-order valence-corrected chi connectivity index (χ3v) is 3.60. The van der Waals surface area contributed by atoms with Gasteiger partial charge in [-0.1, -0.05) is 48.2 Å². The van der Waals surface area contributed by atoms with Crippen LogP contribution in [0.2, 0.25) is 0 Å². The van der Waals surface area contributed by atoms with Crippen LogP contribution in [0.1, 0.15) is 51.1 Å². The van der Waals surface area contributed by atoms with Gasteiger partial charge in [-0.05, 0) is 37.6 Å². The van der Waals surface area contributed by atoms with Gasteiger partial charge in [0.15, 0.2) is 0 Å². The number of benzene rings is 1. The Balaban J connectivity index is 2.38. The van der Waals surface area contributed by atoms with Gasteiger partial charge in [-0.25, -0.2) is 4.39 Å². The molecule has 0 aliphatic rings. The molecule has 0 heterocycles. The highest BCUT2D eigenvalue weighted by Crippen LogP contribution is 2.24. The summed E-state index contributed by atoms with van der Waals surface area (Å²) in [6.45, 7) is 5.34. The lowest BCUT2D eigenvalue weighted by atomic mass is 10.1. The van der Waals surface area contributed by atoms with Crippen LogP contribution in [-0.4, -0.2) is 6.54 Å². The number of hydrogen-bond donors (Lipinski definition) is 1. The predicted molar refractivity (Wildman–Crippen MR) is 74.7 cm³/mol. The van der Waals surface area contributed by atoms with Gasteiger partial charge in [0.25, 0.3) is 0 Å². The Morgan fingerprint density at radius 1 is 1.29 bits per heavy atom. The van der Waals surface area contributed by atoms with Crippen LogP contribution in [0.5, 0.6) is 0 Å². The minimum atomic E-state index is -0.198. The van der Waals surface area contributed by atoms with Crippen molar-refractivity contribution < 1.29 is 4.39 Å². The Morgan fingerprint density at radius 3 is 2.71 bits per heavy atom. The van der Waals surface area contributed by atoms with Gasteiger partial charge in [-0.15, -0.1) is 0 Å². The molecule has 1 nitrogen and oxygen atoms in total. The molecule has 1 rings (SSSR count). The van der Waals surface area contributed by atoms with Gasteiger partial charge in [0.05, 0.1) is 0 Å². The highest BCUT2D eigenvalue weighted by Gasteiger charge is 2.08. The summed E-state index contributed by atoms with van der Waals surface area (Å²) in [5.74, 6) is -0.198. The van der Waals surface area contributed by atoms with Gasteiger partial charge in [-0.3, -0.25) is 0 Å². The van der Waals surface area contributed by atoms with Crippen molar-refractivity contribution in [3.63, 3.8) is 0 Å². The summed E-state index contributed by atoms with van der Waals surface area (Å²) in [4.78, 5) is 0. The fourth-order valence-electron chi connectivity index (χ4n) is 1.83. The number of nitrogens with one attached hydrogen (secondary N) is 1. The molecule has 0 saturated carbocycles. The molecule has 1 atom stereocenters. The smallest absolute Gasteiger partial charge is 0.124 e. The number of unbranched alkanes of at least 4 members (excludes halogenated alkanes) is 3. The molecular formula is C14H21BrFN. The molecule has 0 amide bonds. The molecule has 3 heteroatoms. The maximum atomic E-state index is 13.0. The Bertz CT molecular complexity index is 341. The number of hydrogen-bond acceptors (Lipinski definition) is 1. The van der Waals surface area contributed by atoms with Crippen molar-refractivity contribution in [2.75, 3.05) is 6.54 Å². The van der Waals surface area contributed by atoms with E-state index >= 15 is 0 Å². The second-order valence-corrected chi connectivity index (χ2v) is 5.26. The average molecular weight is 302 g/mol. The summed E-state index contributed by atoms with van der Waals surface area (Å²) in [6, 6.07) is 5.12. The van der Waals surface area contributed by atoms with Crippen molar-refractivity contribution in [2.45, 2.75) is 45.6 Å². The molecule has 0 spiro atoms. The van der Waals surface area contributed by atoms with Crippen molar-refractivity contribution in [1.82, 2.24) is 5.32 Å². The second-order valence-electron chi connectivity index (χ2n) is 4.40. The molecule has 96 valence electrons. The first-order chi connectivity index (χ1) is 8.15. The third-order valence-electron chi connectivity index (χ3n) is 2.91. The quantitative estimate of drug-likeness (QED) is 0.712. The fourth-order valence-corrected chi connectivity index (χ4v) is 2.53. The lowest BCUT2D eigenvalue weighted by molar-refractivity contribution is 0.534. The van der Waals surface area contributed by atoms with Gasteiger partial charge in [0.2, 0.25) is 0 Å². The number of halogens is 2. The van der Waals surface area contributed by atoms with Gasteiger partial charge < -0.3 is 5.32 Å². The molecule has 1 aromatic carbocycles. The first-order valence-corrected chi connectivity index (χ1v) is 7.12. The zero-order valence-corrected chi connectivity index (χ0v) is 12.2. The average Bonchev–Trinajstić information content (AvgIpc) is 2.28. The summed E-state index contributed by atoms with van der Waals surface area (Å²) in [7, 11) is 0. The van der Waals surface area contributed by atoms with Crippen LogP contribution in [0.3, 0.4) is 0 Å². The molecule has 17 heavy (non-hydrogen) atoms. The molecule has 1 N–H and O–H groups in total. The van der Waals surface area contributed by atoms with E-state index in [9.17, 15) is 4.39 Å². The van der Waals surface area contributed by atoms with Crippen molar-refractivity contribution in [3.8, 4) is 0 Å². The topological polar surface area (TPSA) is 12.0 Å². The molecule has 0 radical (unpaired) electrons. The van der Waals surface area contributed by atoms with Crippen LogP contribution in [0, 0.1) is 5.82 Å². The van der Waals surface area contributed by atoms with E-state index in [4.69, 9.17) is 0 Å². The van der Waals surface area contributed by atoms with E-state index in [0.29, 0.717) is 0 Å². The van der Waals surface area contributed by atoms with E-state index in [1.165, 1.54) is 37.8 Å². The van der Waals surface area contributed by atoms with Gasteiger partial charge in [-0.2, -0.15) is 0 Å². The van der Waals surface area contributed by atoms with Crippen LogP contribution in [0.15, 0.2) is 22.7 Å². The zero-order chi connectivity index (χ0) is 12.7. The molecule has 1 aromatic rings. The molecule has 0 bridgehead atoms. The monoisotopic (exact) mass is 301 g/mol. The zero-order valence-electron chi connectivity index (χ0n) is 10.6. The first kappa shape index (κ1) is 14.7. The van der Waals surface area contributed by atoms with E-state index in [-0.39, 0.29) is 11.9 Å². The van der Waals surface area contributed by atoms with Crippen LogP contribution >= 0.6 is 15.9 Å². The van der Waals surface area contributed by atoms with Crippen molar-refractivity contribution in [2.24, 2.45) is 0 Å². The fraction of sp³-hybridized carbons (Fsp3) is 0.571. The SMILES string of the molecule is CCCCCCNC(C)c1ccc(F)cc1Br. The Kier molecular flexibility index (Phi) is 6.75. The Morgan fingerprint density at radius 2 is 2.06 bits per heavy atom. The minimum Gasteiger partial charge on any atom is -0.310 e. The second kappa shape index (κ2) is 7.83. The minimum absolute atomic E-state index is 0.198. The summed E-state index contributed by atoms with van der Waals surface area (Å²) in [5, 5.41) is 3.47. The molecule has 1 unspecified atom stereocenters. The molecule has 0 saturated heterocycles. The summed E-state index contributed by atoms with van der Waals surface area (Å²) >= 11 is 3.40. The highest BCUT2D eigenvalue weighted by atomic mass is 79.9. The maximum absolute atomic E-state index is 13.0. The molecular weight excluding hydrogens is 281 g/mol. The predicted octanol–water partition coefficient (Wildman–Crippen LogP) is 4.82. The van der Waals surface area contributed by atoms with Crippen molar-refractivity contribution in [1.29, 1.82) is 0 Å².